The number of hydrogen-bond donors (Lipinski definition) is 0. The highest BCUT2D eigenvalue weighted by Crippen LogP contribution is 2.30. The van der Waals surface area contributed by atoms with E-state index < -0.39 is 10.0 Å². The number of likely N-dealkylation sites (tertiary alicyclic amines) is 1. The maximum absolute atomic E-state index is 12.7. The predicted octanol–water partition coefficient (Wildman–Crippen LogP) is 2.25. The average molecular weight is 431 g/mol. The number of piperidine rings is 1. The summed E-state index contributed by atoms with van der Waals surface area (Å²) in [4.78, 5) is 14.5. The Morgan fingerprint density at radius 2 is 1.93 bits per heavy atom. The highest BCUT2D eigenvalue weighted by atomic mass is 35.5. The minimum Gasteiger partial charge on any atom is -0.489 e. The fraction of sp³-hybridized carbons (Fsp3) is 0.632. The van der Waals surface area contributed by atoms with Crippen molar-refractivity contribution in [2.75, 3.05) is 46.2 Å². The van der Waals surface area contributed by atoms with Crippen molar-refractivity contribution in [1.82, 2.24) is 9.21 Å². The van der Waals surface area contributed by atoms with Crippen LogP contribution in [0.4, 0.5) is 0 Å². The number of methoxy groups -OCH3 is 1. The summed E-state index contributed by atoms with van der Waals surface area (Å²) < 4.78 is 35.8. The molecule has 0 bridgehead atoms. The van der Waals surface area contributed by atoms with E-state index in [1.165, 1.54) is 10.6 Å². The van der Waals surface area contributed by atoms with Crippen molar-refractivity contribution in [1.29, 1.82) is 0 Å². The van der Waals surface area contributed by atoms with E-state index in [9.17, 15) is 13.2 Å². The minimum absolute atomic E-state index is 0.0338. The van der Waals surface area contributed by atoms with E-state index >= 15 is 0 Å². The maximum Gasteiger partial charge on any atom is 0.253 e. The van der Waals surface area contributed by atoms with Crippen LogP contribution in [0.15, 0.2) is 18.2 Å². The normalized spacial score (nSPS) is 21.8. The second-order valence-electron chi connectivity index (χ2n) is 7.49. The van der Waals surface area contributed by atoms with Crippen LogP contribution in [0.1, 0.15) is 29.6 Å². The van der Waals surface area contributed by atoms with Crippen molar-refractivity contribution in [3.8, 4) is 5.75 Å². The van der Waals surface area contributed by atoms with E-state index in [-0.39, 0.29) is 12.0 Å². The zero-order chi connectivity index (χ0) is 20.3. The van der Waals surface area contributed by atoms with Crippen LogP contribution in [0, 0.1) is 5.92 Å². The molecule has 3 rings (SSSR count). The molecule has 156 valence electrons. The lowest BCUT2D eigenvalue weighted by molar-refractivity contribution is 0.0775. The second-order valence-corrected chi connectivity index (χ2v) is 9.88. The molecule has 0 aromatic heterocycles. The number of benzene rings is 1. The molecule has 2 fully saturated rings. The third-order valence-corrected chi connectivity index (χ3v) is 6.92. The van der Waals surface area contributed by atoms with Gasteiger partial charge in [-0.2, -0.15) is 0 Å². The fourth-order valence-electron chi connectivity index (χ4n) is 3.76. The number of carbonyl (C=O) groups excluding carboxylic acids is 1. The van der Waals surface area contributed by atoms with Gasteiger partial charge in [-0.15, -0.1) is 0 Å². The van der Waals surface area contributed by atoms with Gasteiger partial charge in [0.1, 0.15) is 11.9 Å². The number of rotatable bonds is 6. The minimum atomic E-state index is -3.16. The Morgan fingerprint density at radius 3 is 2.54 bits per heavy atom. The first-order valence-electron chi connectivity index (χ1n) is 9.47. The summed E-state index contributed by atoms with van der Waals surface area (Å²) in [7, 11) is -1.49. The Balaban J connectivity index is 1.58. The SMILES string of the molecule is COC[C@@H]1CCN(C(=O)c2ccc(OC3CCN(S(C)(=O)=O)CC3)c(Cl)c2)C1. The lowest BCUT2D eigenvalue weighted by Gasteiger charge is -2.30. The van der Waals surface area contributed by atoms with Gasteiger partial charge in [-0.1, -0.05) is 11.6 Å². The van der Waals surface area contributed by atoms with Crippen molar-refractivity contribution in [2.45, 2.75) is 25.4 Å². The lowest BCUT2D eigenvalue weighted by Crippen LogP contribution is -2.41. The van der Waals surface area contributed by atoms with E-state index in [0.29, 0.717) is 61.3 Å². The summed E-state index contributed by atoms with van der Waals surface area (Å²) >= 11 is 6.36. The van der Waals surface area contributed by atoms with Gasteiger partial charge in [-0.05, 0) is 37.5 Å². The summed E-state index contributed by atoms with van der Waals surface area (Å²) in [5, 5.41) is 0.393. The number of nitrogens with zero attached hydrogens (tertiary/aromatic N) is 2. The van der Waals surface area contributed by atoms with Crippen LogP contribution in [-0.2, 0) is 14.8 Å². The third-order valence-electron chi connectivity index (χ3n) is 5.32. The van der Waals surface area contributed by atoms with Crippen molar-refractivity contribution >= 4 is 27.5 Å². The van der Waals surface area contributed by atoms with E-state index in [2.05, 4.69) is 0 Å². The van der Waals surface area contributed by atoms with Gasteiger partial charge in [0.15, 0.2) is 0 Å². The second kappa shape index (κ2) is 8.98. The molecule has 0 saturated carbocycles. The van der Waals surface area contributed by atoms with Crippen molar-refractivity contribution < 1.29 is 22.7 Å². The number of carbonyl (C=O) groups is 1. The summed E-state index contributed by atoms with van der Waals surface area (Å²) in [6.07, 6.45) is 3.29. The van der Waals surface area contributed by atoms with Gasteiger partial charge in [0.2, 0.25) is 10.0 Å². The molecule has 1 amide bonds. The van der Waals surface area contributed by atoms with Gasteiger partial charge in [-0.3, -0.25) is 4.79 Å². The summed E-state index contributed by atoms with van der Waals surface area (Å²) in [6.45, 7) is 2.96. The largest absolute Gasteiger partial charge is 0.489 e. The van der Waals surface area contributed by atoms with E-state index in [1.54, 1.807) is 25.3 Å². The first-order chi connectivity index (χ1) is 13.3. The molecule has 0 unspecified atom stereocenters. The molecule has 0 N–H and O–H groups in total. The molecule has 1 atom stereocenters. The molecule has 2 saturated heterocycles. The van der Waals surface area contributed by atoms with E-state index in [1.807, 2.05) is 4.90 Å². The van der Waals surface area contributed by atoms with Gasteiger partial charge < -0.3 is 14.4 Å². The molecule has 9 heteroatoms. The fourth-order valence-corrected chi connectivity index (χ4v) is 4.86. The van der Waals surface area contributed by atoms with Crippen LogP contribution < -0.4 is 4.74 Å². The molecule has 0 aliphatic carbocycles. The van der Waals surface area contributed by atoms with Crippen molar-refractivity contribution in [3.63, 3.8) is 0 Å². The summed E-state index contributed by atoms with van der Waals surface area (Å²) in [5.41, 5.74) is 0.544. The summed E-state index contributed by atoms with van der Waals surface area (Å²) in [5.74, 6) is 0.869. The summed E-state index contributed by atoms with van der Waals surface area (Å²) in [6, 6.07) is 5.11. The Morgan fingerprint density at radius 1 is 1.21 bits per heavy atom. The highest BCUT2D eigenvalue weighted by molar-refractivity contribution is 7.88. The Bertz CT molecular complexity index is 809. The monoisotopic (exact) mass is 430 g/mol. The van der Waals surface area contributed by atoms with E-state index in [0.717, 1.165) is 13.0 Å². The zero-order valence-electron chi connectivity index (χ0n) is 16.3. The molecule has 1 aromatic carbocycles. The van der Waals surface area contributed by atoms with Crippen molar-refractivity contribution in [3.05, 3.63) is 28.8 Å². The maximum atomic E-state index is 12.7. The van der Waals surface area contributed by atoms with Crippen LogP contribution in [0.3, 0.4) is 0 Å². The molecule has 1 aromatic rings. The number of hydrogen-bond acceptors (Lipinski definition) is 5. The molecular formula is C19H27ClN2O5S. The number of sulfonamides is 1. The van der Waals surface area contributed by atoms with Crippen molar-refractivity contribution in [2.24, 2.45) is 5.92 Å². The topological polar surface area (TPSA) is 76.2 Å². The number of halogens is 1. The quantitative estimate of drug-likeness (QED) is 0.691. The molecule has 0 radical (unpaired) electrons. The molecular weight excluding hydrogens is 404 g/mol. The number of ether oxygens (including phenoxy) is 2. The van der Waals surface area contributed by atoms with E-state index in [4.69, 9.17) is 21.1 Å². The molecule has 0 spiro atoms. The van der Waals surface area contributed by atoms with Gasteiger partial charge in [0.25, 0.3) is 5.91 Å². The molecule has 7 nitrogen and oxygen atoms in total. The smallest absolute Gasteiger partial charge is 0.253 e. The molecule has 2 heterocycles. The Hall–Kier alpha value is -1.35. The molecule has 2 aliphatic heterocycles. The van der Waals surface area contributed by atoms with Gasteiger partial charge in [-0.25, -0.2) is 12.7 Å². The van der Waals surface area contributed by atoms with Crippen LogP contribution in [-0.4, -0.2) is 75.8 Å². The first-order valence-corrected chi connectivity index (χ1v) is 11.7. The van der Waals surface area contributed by atoms with Crippen LogP contribution in [0.5, 0.6) is 5.75 Å². The molecule has 28 heavy (non-hydrogen) atoms. The van der Waals surface area contributed by atoms with Gasteiger partial charge in [0, 0.05) is 44.8 Å². The van der Waals surface area contributed by atoms with Crippen LogP contribution >= 0.6 is 11.6 Å². The third kappa shape index (κ3) is 5.17. The first kappa shape index (κ1) is 21.4. The number of amides is 1. The lowest BCUT2D eigenvalue weighted by atomic mass is 10.1. The Kier molecular flexibility index (Phi) is 6.85. The van der Waals surface area contributed by atoms with Gasteiger partial charge >= 0.3 is 0 Å². The Labute approximate surface area is 171 Å². The molecule has 2 aliphatic rings. The van der Waals surface area contributed by atoms with Gasteiger partial charge in [0.05, 0.1) is 17.9 Å². The highest BCUT2D eigenvalue weighted by Gasteiger charge is 2.28. The predicted molar refractivity (Wildman–Crippen MR) is 107 cm³/mol. The van der Waals surface area contributed by atoms with Crippen LogP contribution in [0.2, 0.25) is 5.02 Å². The van der Waals surface area contributed by atoms with Crippen LogP contribution in [0.25, 0.3) is 0 Å². The zero-order valence-corrected chi connectivity index (χ0v) is 17.8. The average Bonchev–Trinajstić information content (AvgIpc) is 3.11. The standard InChI is InChI=1S/C19H27ClN2O5S/c1-26-13-14-5-8-21(12-14)19(23)15-3-4-18(17(20)11-15)27-16-6-9-22(10-7-16)28(2,24)25/h3-4,11,14,16H,5-10,12-13H2,1-2H3/t14-/m1/s1.